The maximum atomic E-state index is 12.4. The quantitative estimate of drug-likeness (QED) is 0.362. The first-order chi connectivity index (χ1) is 15.6. The number of hydrogen-bond acceptors (Lipinski definition) is 9. The van der Waals surface area contributed by atoms with Gasteiger partial charge in [0.1, 0.15) is 11.5 Å². The van der Waals surface area contributed by atoms with E-state index in [2.05, 4.69) is 35.8 Å². The van der Waals surface area contributed by atoms with Gasteiger partial charge in [0.25, 0.3) is 5.56 Å². The van der Waals surface area contributed by atoms with E-state index in [4.69, 9.17) is 0 Å². The third-order valence-electron chi connectivity index (χ3n) is 4.99. The number of aryl methyl sites for hydroxylation is 1. The van der Waals surface area contributed by atoms with Crippen molar-refractivity contribution in [1.29, 1.82) is 0 Å². The van der Waals surface area contributed by atoms with Gasteiger partial charge in [-0.15, -0.1) is 5.10 Å². The molecule has 4 aromatic heterocycles. The summed E-state index contributed by atoms with van der Waals surface area (Å²) in [6, 6.07) is 10.7. The van der Waals surface area contributed by atoms with E-state index in [1.54, 1.807) is 29.2 Å². The molecular formula is C22H24N8O2. The lowest BCUT2D eigenvalue weighted by Crippen LogP contribution is -2.24. The molecular weight excluding hydrogens is 408 g/mol. The van der Waals surface area contributed by atoms with Crippen LogP contribution in [0.25, 0.3) is 16.7 Å². The van der Waals surface area contributed by atoms with E-state index in [0.717, 1.165) is 11.1 Å². The van der Waals surface area contributed by atoms with Gasteiger partial charge >= 0.3 is 0 Å². The summed E-state index contributed by atoms with van der Waals surface area (Å²) < 4.78 is 1.54. The van der Waals surface area contributed by atoms with Crippen LogP contribution in [0.15, 0.2) is 59.8 Å². The highest BCUT2D eigenvalue weighted by molar-refractivity contribution is 5.76. The van der Waals surface area contributed by atoms with Crippen LogP contribution in [-0.4, -0.2) is 54.5 Å². The number of rotatable bonds is 9. The van der Waals surface area contributed by atoms with Crippen LogP contribution >= 0.6 is 0 Å². The van der Waals surface area contributed by atoms with Crippen molar-refractivity contribution < 1.29 is 5.11 Å². The molecule has 4 rings (SSSR count). The highest BCUT2D eigenvalue weighted by Gasteiger charge is 2.11. The molecule has 0 spiro atoms. The molecule has 0 saturated heterocycles. The molecule has 4 heterocycles. The molecule has 3 N–H and O–H groups in total. The van der Waals surface area contributed by atoms with Crippen molar-refractivity contribution >= 4 is 22.8 Å². The molecule has 10 heteroatoms. The molecule has 0 aromatic carbocycles. The van der Waals surface area contributed by atoms with Crippen LogP contribution in [0, 0.1) is 12.8 Å². The van der Waals surface area contributed by atoms with Crippen LogP contribution in [0.3, 0.4) is 0 Å². The molecule has 1 unspecified atom stereocenters. The first-order valence-electron chi connectivity index (χ1n) is 10.3. The third-order valence-corrected chi connectivity index (χ3v) is 4.99. The number of pyridine rings is 3. The van der Waals surface area contributed by atoms with Gasteiger partial charge in [-0.25, -0.2) is 15.0 Å². The van der Waals surface area contributed by atoms with Gasteiger partial charge in [-0.2, -0.15) is 5.10 Å². The highest BCUT2D eigenvalue weighted by atomic mass is 16.3. The molecule has 164 valence electrons. The summed E-state index contributed by atoms with van der Waals surface area (Å²) in [5.74, 6) is 1.25. The first-order valence-corrected chi connectivity index (χ1v) is 10.3. The van der Waals surface area contributed by atoms with Gasteiger partial charge in [0, 0.05) is 37.3 Å². The summed E-state index contributed by atoms with van der Waals surface area (Å²) in [4.78, 5) is 25.4. The second kappa shape index (κ2) is 9.92. The maximum absolute atomic E-state index is 12.4. The predicted octanol–water partition coefficient (Wildman–Crippen LogP) is 1.80. The van der Waals surface area contributed by atoms with E-state index in [1.807, 2.05) is 31.2 Å². The van der Waals surface area contributed by atoms with Crippen LogP contribution in [0.1, 0.15) is 12.1 Å². The van der Waals surface area contributed by atoms with E-state index in [1.165, 1.54) is 6.07 Å². The molecule has 0 fully saturated rings. The normalized spacial score (nSPS) is 11.9. The van der Waals surface area contributed by atoms with Crippen LogP contribution in [0.4, 0.5) is 11.8 Å². The number of nitrogens with one attached hydrogen (secondary N) is 2. The average Bonchev–Trinajstić information content (AvgIpc) is 2.82. The molecule has 0 amide bonds. The number of aromatic nitrogens is 6. The van der Waals surface area contributed by atoms with Crippen molar-refractivity contribution in [1.82, 2.24) is 29.7 Å². The minimum Gasteiger partial charge on any atom is -0.396 e. The van der Waals surface area contributed by atoms with Crippen molar-refractivity contribution in [2.75, 3.05) is 30.3 Å². The zero-order valence-corrected chi connectivity index (χ0v) is 17.6. The van der Waals surface area contributed by atoms with Crippen molar-refractivity contribution in [2.24, 2.45) is 5.92 Å². The molecule has 4 aromatic rings. The Morgan fingerprint density at radius 1 is 1.00 bits per heavy atom. The van der Waals surface area contributed by atoms with E-state index < -0.39 is 0 Å². The zero-order chi connectivity index (χ0) is 22.3. The van der Waals surface area contributed by atoms with E-state index in [9.17, 15) is 9.90 Å². The van der Waals surface area contributed by atoms with Crippen molar-refractivity contribution in [3.8, 4) is 5.69 Å². The minimum absolute atomic E-state index is 0.0738. The summed E-state index contributed by atoms with van der Waals surface area (Å²) in [7, 11) is 0. The number of hydrogen-bond donors (Lipinski definition) is 3. The lowest BCUT2D eigenvalue weighted by atomic mass is 10.1. The lowest BCUT2D eigenvalue weighted by molar-refractivity contribution is 0.263. The minimum atomic E-state index is -0.166. The molecule has 0 radical (unpaired) electrons. The predicted molar refractivity (Wildman–Crippen MR) is 122 cm³/mol. The highest BCUT2D eigenvalue weighted by Crippen LogP contribution is 2.15. The second-order valence-electron chi connectivity index (χ2n) is 7.39. The number of anilines is 2. The number of nitrogens with zero attached hydrogens (tertiary/aromatic N) is 6. The zero-order valence-electron chi connectivity index (χ0n) is 17.6. The van der Waals surface area contributed by atoms with Crippen molar-refractivity contribution in [2.45, 2.75) is 13.3 Å². The largest absolute Gasteiger partial charge is 0.396 e. The number of fused-ring (bicyclic) bond motifs is 1. The van der Waals surface area contributed by atoms with Gasteiger partial charge in [-0.3, -0.25) is 9.36 Å². The summed E-state index contributed by atoms with van der Waals surface area (Å²) in [6.07, 6.45) is 5.56. The molecule has 0 aliphatic rings. The Kier molecular flexibility index (Phi) is 6.61. The van der Waals surface area contributed by atoms with Gasteiger partial charge in [0.05, 0.1) is 23.8 Å². The Morgan fingerprint density at radius 3 is 2.62 bits per heavy atom. The fourth-order valence-corrected chi connectivity index (χ4v) is 3.30. The van der Waals surface area contributed by atoms with E-state index in [0.29, 0.717) is 42.6 Å². The molecule has 1 atom stereocenters. The van der Waals surface area contributed by atoms with E-state index >= 15 is 0 Å². The molecule has 0 bridgehead atoms. The molecule has 32 heavy (non-hydrogen) atoms. The van der Waals surface area contributed by atoms with Gasteiger partial charge < -0.3 is 15.7 Å². The van der Waals surface area contributed by atoms with Gasteiger partial charge in [-0.1, -0.05) is 0 Å². The third kappa shape index (κ3) is 5.03. The first kappa shape index (κ1) is 21.3. The van der Waals surface area contributed by atoms with Gasteiger partial charge in [0.2, 0.25) is 5.95 Å². The molecule has 0 aliphatic heterocycles. The van der Waals surface area contributed by atoms with Crippen LogP contribution in [0.2, 0.25) is 0 Å². The Labute approximate surface area is 184 Å². The monoisotopic (exact) mass is 432 g/mol. The Hall–Kier alpha value is -3.92. The van der Waals surface area contributed by atoms with Gasteiger partial charge in [0.15, 0.2) is 0 Å². The molecule has 10 nitrogen and oxygen atoms in total. The summed E-state index contributed by atoms with van der Waals surface area (Å²) in [5, 5.41) is 24.7. The Bertz CT molecular complexity index is 1230. The van der Waals surface area contributed by atoms with Gasteiger partial charge in [-0.05, 0) is 49.6 Å². The summed E-state index contributed by atoms with van der Waals surface area (Å²) in [5.41, 5.74) is 1.81. The fourth-order valence-electron chi connectivity index (χ4n) is 3.30. The number of aliphatic hydroxyl groups excluding tert-OH is 1. The lowest BCUT2D eigenvalue weighted by Gasteiger charge is -2.17. The smallest absolute Gasteiger partial charge is 0.256 e. The SMILES string of the molecule is Cc1cnc(NCC(CCO)CNc2ccc(-n3c(=O)ccc4cccnc43)cn2)nn1. The van der Waals surface area contributed by atoms with Crippen LogP contribution in [0.5, 0.6) is 0 Å². The summed E-state index contributed by atoms with van der Waals surface area (Å²) in [6.45, 7) is 3.07. The van der Waals surface area contributed by atoms with E-state index in [-0.39, 0.29) is 18.1 Å². The van der Waals surface area contributed by atoms with Crippen molar-refractivity contribution in [3.63, 3.8) is 0 Å². The second-order valence-corrected chi connectivity index (χ2v) is 7.39. The average molecular weight is 432 g/mol. The maximum Gasteiger partial charge on any atom is 0.256 e. The van der Waals surface area contributed by atoms with Crippen LogP contribution < -0.4 is 16.2 Å². The molecule has 0 saturated carbocycles. The fraction of sp³-hybridized carbons (Fsp3) is 0.273. The summed E-state index contributed by atoms with van der Waals surface area (Å²) >= 11 is 0. The molecule has 0 aliphatic carbocycles. The Balaban J connectivity index is 1.42. The topological polar surface area (TPSA) is 131 Å². The van der Waals surface area contributed by atoms with Crippen LogP contribution in [-0.2, 0) is 0 Å². The van der Waals surface area contributed by atoms with Crippen molar-refractivity contribution in [3.05, 3.63) is 71.0 Å². The Morgan fingerprint density at radius 2 is 1.88 bits per heavy atom. The standard InChI is InChI=1S/C22H24N8O2/c1-15-11-26-22(29-28-15)27-13-16(8-10-31)12-24-19-6-5-18(14-25-19)30-20(32)7-4-17-3-2-9-23-21(17)30/h2-7,9,11,14,16,31H,8,10,12-13H2,1H3,(H,24,25)(H,26,27,29). The number of aliphatic hydroxyl groups is 1.